The Balaban J connectivity index is 2.24. The molecule has 146 valence electrons. The number of rotatable bonds is 13. The molecule has 0 unspecified atom stereocenters. The van der Waals surface area contributed by atoms with Gasteiger partial charge < -0.3 is 5.32 Å². The first kappa shape index (κ1) is 22.5. The first-order chi connectivity index (χ1) is 12.5. The molecule has 0 aromatic heterocycles. The Morgan fingerprint density at radius 3 is 2.15 bits per heavy atom. The van der Waals surface area contributed by atoms with E-state index in [1.54, 1.807) is 0 Å². The summed E-state index contributed by atoms with van der Waals surface area (Å²) < 4.78 is 0. The van der Waals surface area contributed by atoms with Gasteiger partial charge in [-0.05, 0) is 32.3 Å². The van der Waals surface area contributed by atoms with Crippen LogP contribution in [0.4, 0.5) is 0 Å². The van der Waals surface area contributed by atoms with Crippen molar-refractivity contribution < 1.29 is 4.79 Å². The lowest BCUT2D eigenvalue weighted by Crippen LogP contribution is -2.30. The van der Waals surface area contributed by atoms with E-state index in [4.69, 9.17) is 0 Å². The van der Waals surface area contributed by atoms with E-state index < -0.39 is 0 Å². The van der Waals surface area contributed by atoms with E-state index in [-0.39, 0.29) is 17.9 Å². The monoisotopic (exact) mass is 357 g/mol. The van der Waals surface area contributed by atoms with Gasteiger partial charge in [0.1, 0.15) is 0 Å². The van der Waals surface area contributed by atoms with Gasteiger partial charge in [-0.25, -0.2) is 0 Å². The predicted octanol–water partition coefficient (Wildman–Crippen LogP) is 6.98. The van der Waals surface area contributed by atoms with Gasteiger partial charge >= 0.3 is 0 Å². The van der Waals surface area contributed by atoms with E-state index >= 15 is 0 Å². The molecule has 0 saturated heterocycles. The van der Waals surface area contributed by atoms with Crippen LogP contribution < -0.4 is 5.32 Å². The lowest BCUT2D eigenvalue weighted by atomic mass is 10.0. The number of carbonyl (C=O) groups is 1. The van der Waals surface area contributed by atoms with Crippen LogP contribution in [0, 0.1) is 5.92 Å². The Hall–Kier alpha value is -1.57. The van der Waals surface area contributed by atoms with Crippen LogP contribution in [0.2, 0.25) is 0 Å². The highest BCUT2D eigenvalue weighted by Gasteiger charge is 2.14. The zero-order valence-electron chi connectivity index (χ0n) is 17.4. The fourth-order valence-corrected chi connectivity index (χ4v) is 3.29. The number of amides is 1. The molecule has 2 atom stereocenters. The van der Waals surface area contributed by atoms with Gasteiger partial charge in [0.05, 0.1) is 12.0 Å². The van der Waals surface area contributed by atoms with Gasteiger partial charge in [0.15, 0.2) is 0 Å². The number of carbonyl (C=O) groups excluding carboxylic acids is 1. The minimum Gasteiger partial charge on any atom is -0.349 e. The van der Waals surface area contributed by atoms with E-state index in [9.17, 15) is 4.79 Å². The summed E-state index contributed by atoms with van der Waals surface area (Å²) in [7, 11) is 0. The molecular weight excluding hydrogens is 318 g/mol. The number of unbranched alkanes of at least 4 members (excludes halogenated alkanes) is 7. The lowest BCUT2D eigenvalue weighted by molar-refractivity contribution is -0.123. The fraction of sp³-hybridized carbons (Fsp3) is 0.625. The Bertz CT molecular complexity index is 520. The van der Waals surface area contributed by atoms with Crippen LogP contribution in [-0.2, 0) is 4.79 Å². The maximum Gasteiger partial charge on any atom is 0.227 e. The Morgan fingerprint density at radius 1 is 0.962 bits per heavy atom. The molecule has 0 saturated carbocycles. The summed E-state index contributed by atoms with van der Waals surface area (Å²) in [6, 6.07) is 10.2. The second-order valence-corrected chi connectivity index (χ2v) is 7.67. The number of benzene rings is 1. The standard InChI is InChI=1S/C24H39NO/c1-5-6-7-8-9-10-11-13-16-20(2)19-21(3)24(26)25-22(4)23-17-14-12-15-18-23/h12,14-15,17-19,21-22H,5-11,13,16H2,1-4H3,(H,25,26)/b20-19+/t21-,22-/m0/s1. The van der Waals surface area contributed by atoms with Crippen molar-refractivity contribution in [1.82, 2.24) is 5.32 Å². The summed E-state index contributed by atoms with van der Waals surface area (Å²) in [5.41, 5.74) is 2.48. The van der Waals surface area contributed by atoms with Crippen molar-refractivity contribution in [2.45, 2.75) is 91.5 Å². The summed E-state index contributed by atoms with van der Waals surface area (Å²) in [4.78, 5) is 12.4. The molecule has 2 nitrogen and oxygen atoms in total. The van der Waals surface area contributed by atoms with Crippen LogP contribution in [0.25, 0.3) is 0 Å². The van der Waals surface area contributed by atoms with Gasteiger partial charge in [0, 0.05) is 0 Å². The van der Waals surface area contributed by atoms with Crippen molar-refractivity contribution in [3.63, 3.8) is 0 Å². The molecule has 1 aromatic carbocycles. The normalized spacial score (nSPS) is 14.1. The number of hydrogen-bond acceptors (Lipinski definition) is 1. The fourth-order valence-electron chi connectivity index (χ4n) is 3.29. The number of nitrogens with one attached hydrogen (secondary N) is 1. The lowest BCUT2D eigenvalue weighted by Gasteiger charge is -2.17. The van der Waals surface area contributed by atoms with Crippen molar-refractivity contribution in [2.24, 2.45) is 5.92 Å². The van der Waals surface area contributed by atoms with Gasteiger partial charge in [-0.3, -0.25) is 4.79 Å². The average molecular weight is 358 g/mol. The van der Waals surface area contributed by atoms with Crippen LogP contribution in [0.5, 0.6) is 0 Å². The Labute approximate surface area is 161 Å². The van der Waals surface area contributed by atoms with E-state index in [1.165, 1.54) is 56.9 Å². The molecule has 0 aliphatic heterocycles. The second kappa shape index (κ2) is 13.6. The van der Waals surface area contributed by atoms with Gasteiger partial charge in [-0.15, -0.1) is 0 Å². The van der Waals surface area contributed by atoms with Gasteiger partial charge in [-0.1, -0.05) is 101 Å². The molecule has 1 rings (SSSR count). The van der Waals surface area contributed by atoms with Crippen LogP contribution in [-0.4, -0.2) is 5.91 Å². The van der Waals surface area contributed by atoms with E-state index in [0.717, 1.165) is 12.0 Å². The SMILES string of the molecule is CCCCCCCCCC/C(C)=C/[C@H](C)C(=O)N[C@@H](C)c1ccccc1. The third-order valence-corrected chi connectivity index (χ3v) is 5.03. The number of hydrogen-bond donors (Lipinski definition) is 1. The molecule has 0 fully saturated rings. The third kappa shape index (κ3) is 9.79. The van der Waals surface area contributed by atoms with Crippen molar-refractivity contribution in [3.8, 4) is 0 Å². The predicted molar refractivity (Wildman–Crippen MR) is 113 cm³/mol. The molecule has 26 heavy (non-hydrogen) atoms. The highest BCUT2D eigenvalue weighted by molar-refractivity contribution is 5.80. The molecule has 0 radical (unpaired) electrons. The summed E-state index contributed by atoms with van der Waals surface area (Å²) in [5, 5.41) is 3.12. The minimum absolute atomic E-state index is 0.0487. The third-order valence-electron chi connectivity index (χ3n) is 5.03. The largest absolute Gasteiger partial charge is 0.349 e. The van der Waals surface area contributed by atoms with Gasteiger partial charge in [0.25, 0.3) is 0 Å². The Kier molecular flexibility index (Phi) is 11.8. The summed E-state index contributed by atoms with van der Waals surface area (Å²) in [5.74, 6) is 0.0341. The van der Waals surface area contributed by atoms with Gasteiger partial charge in [0.2, 0.25) is 5.91 Å². The topological polar surface area (TPSA) is 29.1 Å². The van der Waals surface area contributed by atoms with Crippen LogP contribution >= 0.6 is 0 Å². The molecule has 0 bridgehead atoms. The van der Waals surface area contributed by atoms with Crippen molar-refractivity contribution in [2.75, 3.05) is 0 Å². The molecule has 1 N–H and O–H groups in total. The van der Waals surface area contributed by atoms with Crippen LogP contribution in [0.1, 0.15) is 97.1 Å². The molecule has 2 heteroatoms. The zero-order valence-corrected chi connectivity index (χ0v) is 17.4. The van der Waals surface area contributed by atoms with Crippen molar-refractivity contribution in [3.05, 3.63) is 47.5 Å². The molecule has 0 spiro atoms. The summed E-state index contributed by atoms with van der Waals surface area (Å²) in [6.45, 7) is 8.45. The molecular formula is C24H39NO. The van der Waals surface area contributed by atoms with E-state index in [1.807, 2.05) is 32.0 Å². The molecule has 0 heterocycles. The second-order valence-electron chi connectivity index (χ2n) is 7.67. The van der Waals surface area contributed by atoms with E-state index in [0.29, 0.717) is 0 Å². The minimum atomic E-state index is -0.0739. The smallest absolute Gasteiger partial charge is 0.227 e. The summed E-state index contributed by atoms with van der Waals surface area (Å²) in [6.07, 6.45) is 14.0. The summed E-state index contributed by atoms with van der Waals surface area (Å²) >= 11 is 0. The molecule has 0 aliphatic carbocycles. The van der Waals surface area contributed by atoms with Crippen LogP contribution in [0.3, 0.4) is 0 Å². The molecule has 0 aliphatic rings. The first-order valence-electron chi connectivity index (χ1n) is 10.6. The van der Waals surface area contributed by atoms with E-state index in [2.05, 4.69) is 37.4 Å². The van der Waals surface area contributed by atoms with Crippen LogP contribution in [0.15, 0.2) is 42.0 Å². The number of allylic oxidation sites excluding steroid dienone is 1. The molecule has 1 aromatic rings. The average Bonchev–Trinajstić information content (AvgIpc) is 2.64. The maximum atomic E-state index is 12.4. The maximum absolute atomic E-state index is 12.4. The Morgan fingerprint density at radius 2 is 1.54 bits per heavy atom. The first-order valence-corrected chi connectivity index (χ1v) is 10.6. The zero-order chi connectivity index (χ0) is 19.2. The quantitative estimate of drug-likeness (QED) is 0.299. The highest BCUT2D eigenvalue weighted by atomic mass is 16.1. The highest BCUT2D eigenvalue weighted by Crippen LogP contribution is 2.16. The van der Waals surface area contributed by atoms with Gasteiger partial charge in [-0.2, -0.15) is 0 Å². The van der Waals surface area contributed by atoms with Crippen molar-refractivity contribution >= 4 is 5.91 Å². The molecule has 1 amide bonds. The van der Waals surface area contributed by atoms with Crippen molar-refractivity contribution in [1.29, 1.82) is 0 Å².